The second kappa shape index (κ2) is 5.00. The highest BCUT2D eigenvalue weighted by atomic mass is 15.2. The van der Waals surface area contributed by atoms with Gasteiger partial charge in [-0.2, -0.15) is 0 Å². The highest BCUT2D eigenvalue weighted by molar-refractivity contribution is 5.30. The molecule has 4 nitrogen and oxygen atoms in total. The van der Waals surface area contributed by atoms with E-state index in [1.165, 1.54) is 19.3 Å². The predicted octanol–water partition coefficient (Wildman–Crippen LogP) is 1.95. The molecule has 0 aliphatic carbocycles. The number of hydrogen-bond donors (Lipinski definition) is 1. The SMILES string of the molecule is CC1(C)CCCN(c2ncc(CN)cn2)CC1. The van der Waals surface area contributed by atoms with E-state index in [2.05, 4.69) is 28.7 Å². The molecule has 1 saturated heterocycles. The molecule has 0 bridgehead atoms. The van der Waals surface area contributed by atoms with Crippen LogP contribution in [0.25, 0.3) is 0 Å². The van der Waals surface area contributed by atoms with Gasteiger partial charge in [0.05, 0.1) is 0 Å². The van der Waals surface area contributed by atoms with Crippen LogP contribution in [0.3, 0.4) is 0 Å². The zero-order chi connectivity index (χ0) is 12.3. The first-order valence-electron chi connectivity index (χ1n) is 6.37. The Balaban J connectivity index is 2.06. The first-order chi connectivity index (χ1) is 8.11. The summed E-state index contributed by atoms with van der Waals surface area (Å²) < 4.78 is 0. The quantitative estimate of drug-likeness (QED) is 0.849. The molecule has 2 rings (SSSR count). The zero-order valence-electron chi connectivity index (χ0n) is 10.8. The molecule has 1 aliphatic rings. The van der Waals surface area contributed by atoms with E-state index in [9.17, 15) is 0 Å². The molecule has 0 radical (unpaired) electrons. The maximum absolute atomic E-state index is 5.55. The number of nitrogens with two attached hydrogens (primary N) is 1. The van der Waals surface area contributed by atoms with Crippen molar-refractivity contribution in [1.29, 1.82) is 0 Å². The van der Waals surface area contributed by atoms with Gasteiger partial charge in [-0.05, 0) is 24.7 Å². The van der Waals surface area contributed by atoms with Crippen LogP contribution in [0.15, 0.2) is 12.4 Å². The summed E-state index contributed by atoms with van der Waals surface area (Å²) in [6.07, 6.45) is 7.37. The highest BCUT2D eigenvalue weighted by Gasteiger charge is 2.23. The second-order valence-corrected chi connectivity index (χ2v) is 5.60. The third kappa shape index (κ3) is 3.16. The van der Waals surface area contributed by atoms with Gasteiger partial charge in [0.25, 0.3) is 0 Å². The lowest BCUT2D eigenvalue weighted by Crippen LogP contribution is -2.27. The van der Waals surface area contributed by atoms with Crippen LogP contribution in [0.2, 0.25) is 0 Å². The maximum atomic E-state index is 5.55. The Morgan fingerprint density at radius 1 is 1.24 bits per heavy atom. The summed E-state index contributed by atoms with van der Waals surface area (Å²) >= 11 is 0. The van der Waals surface area contributed by atoms with Crippen LogP contribution in [0, 0.1) is 5.41 Å². The van der Waals surface area contributed by atoms with Crippen molar-refractivity contribution in [3.8, 4) is 0 Å². The number of anilines is 1. The fourth-order valence-electron chi connectivity index (χ4n) is 2.24. The van der Waals surface area contributed by atoms with Crippen LogP contribution in [0.1, 0.15) is 38.7 Å². The van der Waals surface area contributed by atoms with Crippen LogP contribution in [-0.2, 0) is 6.54 Å². The summed E-state index contributed by atoms with van der Waals surface area (Å²) in [4.78, 5) is 11.1. The van der Waals surface area contributed by atoms with E-state index in [0.29, 0.717) is 12.0 Å². The summed E-state index contributed by atoms with van der Waals surface area (Å²) in [7, 11) is 0. The van der Waals surface area contributed by atoms with Gasteiger partial charge in [0, 0.05) is 37.6 Å². The van der Waals surface area contributed by atoms with Gasteiger partial charge in [-0.25, -0.2) is 9.97 Å². The normalized spacial score (nSPS) is 20.1. The van der Waals surface area contributed by atoms with E-state index >= 15 is 0 Å². The zero-order valence-corrected chi connectivity index (χ0v) is 10.8. The molecule has 0 spiro atoms. The predicted molar refractivity (Wildman–Crippen MR) is 69.8 cm³/mol. The maximum Gasteiger partial charge on any atom is 0.225 e. The van der Waals surface area contributed by atoms with E-state index in [-0.39, 0.29) is 0 Å². The molecule has 0 unspecified atom stereocenters. The number of aromatic nitrogens is 2. The monoisotopic (exact) mass is 234 g/mol. The van der Waals surface area contributed by atoms with Gasteiger partial charge < -0.3 is 10.6 Å². The molecule has 1 aromatic rings. The Hall–Kier alpha value is -1.16. The summed E-state index contributed by atoms with van der Waals surface area (Å²) in [6.45, 7) is 7.30. The van der Waals surface area contributed by atoms with Crippen molar-refractivity contribution < 1.29 is 0 Å². The lowest BCUT2D eigenvalue weighted by atomic mass is 9.85. The second-order valence-electron chi connectivity index (χ2n) is 5.60. The van der Waals surface area contributed by atoms with Crippen LogP contribution in [0.5, 0.6) is 0 Å². The van der Waals surface area contributed by atoms with Crippen LogP contribution in [-0.4, -0.2) is 23.1 Å². The Labute approximate surface area is 103 Å². The minimum atomic E-state index is 0.450. The first-order valence-corrected chi connectivity index (χ1v) is 6.37. The smallest absolute Gasteiger partial charge is 0.225 e. The Kier molecular flexibility index (Phi) is 3.62. The summed E-state index contributed by atoms with van der Waals surface area (Å²) in [5, 5.41) is 0. The van der Waals surface area contributed by atoms with E-state index in [1.807, 2.05) is 12.4 Å². The summed E-state index contributed by atoms with van der Waals surface area (Å²) in [5.74, 6) is 0.847. The van der Waals surface area contributed by atoms with Crippen molar-refractivity contribution >= 4 is 5.95 Å². The topological polar surface area (TPSA) is 55.0 Å². The molecule has 1 aromatic heterocycles. The molecule has 0 saturated carbocycles. The van der Waals surface area contributed by atoms with Crippen LogP contribution < -0.4 is 10.6 Å². The van der Waals surface area contributed by atoms with Crippen LogP contribution in [0.4, 0.5) is 5.95 Å². The first kappa shape index (κ1) is 12.3. The van der Waals surface area contributed by atoms with Crippen molar-refractivity contribution in [2.24, 2.45) is 11.1 Å². The molecule has 4 heteroatoms. The van der Waals surface area contributed by atoms with Gasteiger partial charge in [0.15, 0.2) is 0 Å². The van der Waals surface area contributed by atoms with Gasteiger partial charge >= 0.3 is 0 Å². The average molecular weight is 234 g/mol. The molecule has 17 heavy (non-hydrogen) atoms. The van der Waals surface area contributed by atoms with Gasteiger partial charge in [-0.1, -0.05) is 13.8 Å². The molecule has 1 aliphatic heterocycles. The lowest BCUT2D eigenvalue weighted by molar-refractivity contribution is 0.325. The van der Waals surface area contributed by atoms with Gasteiger partial charge in [0.1, 0.15) is 0 Å². The fraction of sp³-hybridized carbons (Fsp3) is 0.692. The number of nitrogens with zero attached hydrogens (tertiary/aromatic N) is 3. The Morgan fingerprint density at radius 2 is 1.94 bits per heavy atom. The standard InChI is InChI=1S/C13H22N4/c1-13(2)4-3-6-17(7-5-13)12-15-9-11(8-14)10-16-12/h9-10H,3-8,14H2,1-2H3. The summed E-state index contributed by atoms with van der Waals surface area (Å²) in [6, 6.07) is 0. The minimum absolute atomic E-state index is 0.450. The van der Waals surface area contributed by atoms with Crippen molar-refractivity contribution in [1.82, 2.24) is 9.97 Å². The van der Waals surface area contributed by atoms with Crippen molar-refractivity contribution in [2.75, 3.05) is 18.0 Å². The Morgan fingerprint density at radius 3 is 2.59 bits per heavy atom. The largest absolute Gasteiger partial charge is 0.341 e. The van der Waals surface area contributed by atoms with E-state index < -0.39 is 0 Å². The average Bonchev–Trinajstić information content (AvgIpc) is 2.50. The van der Waals surface area contributed by atoms with Crippen molar-refractivity contribution in [2.45, 2.75) is 39.7 Å². The molecule has 94 valence electrons. The third-order valence-electron chi connectivity index (χ3n) is 3.55. The van der Waals surface area contributed by atoms with Gasteiger partial charge in [0.2, 0.25) is 5.95 Å². The molecular weight excluding hydrogens is 212 g/mol. The lowest BCUT2D eigenvalue weighted by Gasteiger charge is -2.23. The number of rotatable bonds is 2. The Bertz CT molecular complexity index is 358. The molecular formula is C13H22N4. The molecule has 0 atom stereocenters. The van der Waals surface area contributed by atoms with E-state index in [1.54, 1.807) is 0 Å². The molecule has 2 heterocycles. The van der Waals surface area contributed by atoms with E-state index in [4.69, 9.17) is 5.73 Å². The van der Waals surface area contributed by atoms with Gasteiger partial charge in [-0.15, -0.1) is 0 Å². The molecule has 2 N–H and O–H groups in total. The summed E-state index contributed by atoms with van der Waals surface area (Å²) in [5.41, 5.74) is 6.99. The minimum Gasteiger partial charge on any atom is -0.341 e. The highest BCUT2D eigenvalue weighted by Crippen LogP contribution is 2.30. The number of hydrogen-bond acceptors (Lipinski definition) is 4. The molecule has 1 fully saturated rings. The van der Waals surface area contributed by atoms with Crippen molar-refractivity contribution in [3.05, 3.63) is 18.0 Å². The molecule has 0 amide bonds. The fourth-order valence-corrected chi connectivity index (χ4v) is 2.24. The van der Waals surface area contributed by atoms with Gasteiger partial charge in [-0.3, -0.25) is 0 Å². The third-order valence-corrected chi connectivity index (χ3v) is 3.55. The molecule has 0 aromatic carbocycles. The van der Waals surface area contributed by atoms with Crippen LogP contribution >= 0.6 is 0 Å². The van der Waals surface area contributed by atoms with Crippen molar-refractivity contribution in [3.63, 3.8) is 0 Å². The van der Waals surface area contributed by atoms with E-state index in [0.717, 1.165) is 24.6 Å².